The van der Waals surface area contributed by atoms with Crippen molar-refractivity contribution in [3.8, 4) is 5.75 Å². The van der Waals surface area contributed by atoms with Gasteiger partial charge in [-0.1, -0.05) is 18.2 Å². The van der Waals surface area contributed by atoms with Crippen molar-refractivity contribution in [2.24, 2.45) is 0 Å². The Labute approximate surface area is 113 Å². The summed E-state index contributed by atoms with van der Waals surface area (Å²) in [6, 6.07) is 6.29. The molecule has 0 radical (unpaired) electrons. The van der Waals surface area contributed by atoms with E-state index in [0.29, 0.717) is 18.4 Å². The summed E-state index contributed by atoms with van der Waals surface area (Å²) in [5, 5.41) is 20.2. The quantitative estimate of drug-likeness (QED) is 0.605. The number of nitrogens with zero attached hydrogens (tertiary/aromatic N) is 1. The Balaban J connectivity index is 2.82. The fourth-order valence-electron chi connectivity index (χ4n) is 1.67. The van der Waals surface area contributed by atoms with Gasteiger partial charge in [0.25, 0.3) is 0 Å². The van der Waals surface area contributed by atoms with Gasteiger partial charge in [0.15, 0.2) is 0 Å². The molecule has 1 unspecified atom stereocenters. The van der Waals surface area contributed by atoms with Crippen molar-refractivity contribution < 1.29 is 19.8 Å². The van der Waals surface area contributed by atoms with E-state index in [4.69, 9.17) is 4.84 Å². The summed E-state index contributed by atoms with van der Waals surface area (Å²) in [4.78, 5) is 16.6. The van der Waals surface area contributed by atoms with Crippen LogP contribution in [0.4, 0.5) is 0 Å². The van der Waals surface area contributed by atoms with Crippen LogP contribution < -0.4 is 0 Å². The first-order chi connectivity index (χ1) is 8.87. The average molecular weight is 267 g/mol. The summed E-state index contributed by atoms with van der Waals surface area (Å²) in [7, 11) is 0. The number of aliphatic hydroxyl groups excluding tert-OH is 1. The molecule has 0 spiro atoms. The number of hydrogen-bond donors (Lipinski definition) is 2. The van der Waals surface area contributed by atoms with Gasteiger partial charge in [0, 0.05) is 6.42 Å². The molecule has 0 aromatic heterocycles. The lowest BCUT2D eigenvalue weighted by Crippen LogP contribution is -2.43. The zero-order valence-electron chi connectivity index (χ0n) is 11.5. The molecule has 19 heavy (non-hydrogen) atoms. The number of para-hydroxylation sites is 1. The Bertz CT molecular complexity index is 414. The maximum atomic E-state index is 11.1. The van der Waals surface area contributed by atoms with E-state index in [9.17, 15) is 15.0 Å². The van der Waals surface area contributed by atoms with Crippen LogP contribution >= 0.6 is 0 Å². The molecule has 0 heterocycles. The number of hydroxylamine groups is 2. The van der Waals surface area contributed by atoms with E-state index in [-0.39, 0.29) is 12.4 Å². The number of phenols is 1. The molecule has 0 saturated heterocycles. The second-order valence-corrected chi connectivity index (χ2v) is 5.34. The van der Waals surface area contributed by atoms with E-state index in [1.807, 2.05) is 20.8 Å². The predicted octanol–water partition coefficient (Wildman–Crippen LogP) is 1.48. The van der Waals surface area contributed by atoms with Crippen LogP contribution in [0.25, 0.3) is 0 Å². The monoisotopic (exact) mass is 267 g/mol. The number of aromatic hydroxyl groups is 1. The van der Waals surface area contributed by atoms with E-state index < -0.39 is 11.6 Å². The van der Waals surface area contributed by atoms with Gasteiger partial charge in [-0.25, -0.2) is 5.06 Å². The first kappa shape index (κ1) is 15.5. The average Bonchev–Trinajstić information content (AvgIpc) is 2.34. The van der Waals surface area contributed by atoms with Gasteiger partial charge >= 0.3 is 0 Å². The lowest BCUT2D eigenvalue weighted by Gasteiger charge is -2.32. The van der Waals surface area contributed by atoms with Crippen LogP contribution in [-0.4, -0.2) is 39.9 Å². The van der Waals surface area contributed by atoms with Crippen LogP contribution in [0.5, 0.6) is 5.75 Å². The number of carbonyl (C=O) groups excluding carboxylic acids is 1. The number of benzene rings is 1. The maximum absolute atomic E-state index is 11.1. The van der Waals surface area contributed by atoms with Gasteiger partial charge < -0.3 is 10.2 Å². The van der Waals surface area contributed by atoms with Crippen molar-refractivity contribution >= 4 is 6.41 Å². The molecule has 2 N–H and O–H groups in total. The molecular formula is C14H21NO4. The molecule has 106 valence electrons. The van der Waals surface area contributed by atoms with Crippen LogP contribution in [0.3, 0.4) is 0 Å². The lowest BCUT2D eigenvalue weighted by molar-refractivity contribution is -0.235. The van der Waals surface area contributed by atoms with Gasteiger partial charge in [0.05, 0.1) is 18.2 Å². The second kappa shape index (κ2) is 6.54. The fourth-order valence-corrected chi connectivity index (χ4v) is 1.67. The number of rotatable bonds is 6. The third-order valence-electron chi connectivity index (χ3n) is 2.50. The Kier molecular flexibility index (Phi) is 5.32. The highest BCUT2D eigenvalue weighted by Crippen LogP contribution is 2.20. The third-order valence-corrected chi connectivity index (χ3v) is 2.50. The molecule has 1 aromatic carbocycles. The van der Waals surface area contributed by atoms with Crippen LogP contribution in [0.1, 0.15) is 26.3 Å². The standard InChI is InChI=1S/C14H21NO4/c1-14(2,3)19-15(10-17)12(9-16)8-11-6-4-5-7-13(11)18/h4-7,10,12,16,18H,8-9H2,1-3H3. The van der Waals surface area contributed by atoms with Crippen LogP contribution in [0.15, 0.2) is 24.3 Å². The molecule has 0 aliphatic rings. The molecule has 0 aliphatic heterocycles. The van der Waals surface area contributed by atoms with Crippen LogP contribution in [0, 0.1) is 0 Å². The van der Waals surface area contributed by atoms with Crippen LogP contribution in [-0.2, 0) is 16.1 Å². The minimum Gasteiger partial charge on any atom is -0.508 e. The van der Waals surface area contributed by atoms with E-state index in [0.717, 1.165) is 5.06 Å². The fraction of sp³-hybridized carbons (Fsp3) is 0.500. The smallest absolute Gasteiger partial charge is 0.233 e. The Morgan fingerprint density at radius 1 is 1.37 bits per heavy atom. The summed E-state index contributed by atoms with van der Waals surface area (Å²) < 4.78 is 0. The highest BCUT2D eigenvalue weighted by Gasteiger charge is 2.24. The van der Waals surface area contributed by atoms with Crippen molar-refractivity contribution in [2.75, 3.05) is 6.61 Å². The highest BCUT2D eigenvalue weighted by atomic mass is 16.7. The van der Waals surface area contributed by atoms with Gasteiger partial charge in [-0.3, -0.25) is 9.63 Å². The molecule has 1 aromatic rings. The molecule has 0 bridgehead atoms. The number of hydrogen-bond acceptors (Lipinski definition) is 4. The SMILES string of the molecule is CC(C)(C)ON(C=O)C(CO)Cc1ccccc1O. The first-order valence-electron chi connectivity index (χ1n) is 6.18. The minimum absolute atomic E-state index is 0.141. The Hall–Kier alpha value is -1.59. The molecule has 1 rings (SSSR count). The second-order valence-electron chi connectivity index (χ2n) is 5.34. The van der Waals surface area contributed by atoms with Crippen molar-refractivity contribution in [2.45, 2.75) is 38.8 Å². The predicted molar refractivity (Wildman–Crippen MR) is 71.4 cm³/mol. The Morgan fingerprint density at radius 2 is 2.00 bits per heavy atom. The normalized spacial score (nSPS) is 13.1. The molecule has 0 saturated carbocycles. The molecule has 1 amide bonds. The van der Waals surface area contributed by atoms with Crippen molar-refractivity contribution in [1.29, 1.82) is 0 Å². The van der Waals surface area contributed by atoms with Gasteiger partial charge in [0.2, 0.25) is 6.41 Å². The largest absolute Gasteiger partial charge is 0.508 e. The zero-order valence-corrected chi connectivity index (χ0v) is 11.5. The Morgan fingerprint density at radius 3 is 2.47 bits per heavy atom. The minimum atomic E-state index is -0.537. The number of phenolic OH excluding ortho intramolecular Hbond substituents is 1. The van der Waals surface area contributed by atoms with Crippen molar-refractivity contribution in [3.63, 3.8) is 0 Å². The van der Waals surface area contributed by atoms with Gasteiger partial charge in [-0.2, -0.15) is 0 Å². The summed E-state index contributed by atoms with van der Waals surface area (Å²) in [6.07, 6.45) is 0.865. The summed E-state index contributed by atoms with van der Waals surface area (Å²) >= 11 is 0. The summed E-state index contributed by atoms with van der Waals surface area (Å²) in [5.74, 6) is 0.141. The van der Waals surface area contributed by atoms with E-state index in [1.54, 1.807) is 24.3 Å². The van der Waals surface area contributed by atoms with E-state index >= 15 is 0 Å². The number of aliphatic hydroxyl groups is 1. The first-order valence-corrected chi connectivity index (χ1v) is 6.18. The molecule has 5 heteroatoms. The topological polar surface area (TPSA) is 70.0 Å². The third kappa shape index (κ3) is 4.89. The molecule has 5 nitrogen and oxygen atoms in total. The van der Waals surface area contributed by atoms with Gasteiger partial charge in [0.1, 0.15) is 5.75 Å². The maximum Gasteiger partial charge on any atom is 0.233 e. The molecular weight excluding hydrogens is 246 g/mol. The molecule has 1 atom stereocenters. The zero-order chi connectivity index (χ0) is 14.5. The molecule has 0 fully saturated rings. The van der Waals surface area contributed by atoms with Crippen molar-refractivity contribution in [3.05, 3.63) is 29.8 Å². The lowest BCUT2D eigenvalue weighted by atomic mass is 10.1. The summed E-state index contributed by atoms with van der Waals surface area (Å²) in [6.45, 7) is 5.21. The van der Waals surface area contributed by atoms with Crippen LogP contribution in [0.2, 0.25) is 0 Å². The number of amides is 1. The number of carbonyl (C=O) groups is 1. The highest BCUT2D eigenvalue weighted by molar-refractivity contribution is 5.46. The summed E-state index contributed by atoms with van der Waals surface area (Å²) in [5.41, 5.74) is 0.124. The van der Waals surface area contributed by atoms with Gasteiger partial charge in [-0.05, 0) is 32.4 Å². The van der Waals surface area contributed by atoms with E-state index in [1.165, 1.54) is 0 Å². The molecule has 0 aliphatic carbocycles. The van der Waals surface area contributed by atoms with Gasteiger partial charge in [-0.15, -0.1) is 0 Å². The van der Waals surface area contributed by atoms with E-state index in [2.05, 4.69) is 0 Å². The van der Waals surface area contributed by atoms with Crippen molar-refractivity contribution in [1.82, 2.24) is 5.06 Å².